The van der Waals surface area contributed by atoms with E-state index in [9.17, 15) is 0 Å². The fraction of sp³-hybridized carbons (Fsp3) is 0.667. The van der Waals surface area contributed by atoms with Crippen LogP contribution in [0.1, 0.15) is 6.92 Å². The van der Waals surface area contributed by atoms with E-state index in [-0.39, 0.29) is 0 Å². The van der Waals surface area contributed by atoms with Crippen LogP contribution in [0.4, 0.5) is 0 Å². The fourth-order valence-electron chi connectivity index (χ4n) is 0.308. The van der Waals surface area contributed by atoms with Gasteiger partial charge >= 0.3 is 0 Å². The SMILES string of the molecule is C/C(Cl)=C\CN(C)C. The van der Waals surface area contributed by atoms with Crippen molar-refractivity contribution >= 4 is 11.6 Å². The maximum atomic E-state index is 5.56. The van der Waals surface area contributed by atoms with Crippen molar-refractivity contribution < 1.29 is 0 Å². The Bertz CT molecular complexity index is 82.5. The van der Waals surface area contributed by atoms with Crippen LogP contribution in [0.2, 0.25) is 0 Å². The van der Waals surface area contributed by atoms with E-state index in [4.69, 9.17) is 11.6 Å². The van der Waals surface area contributed by atoms with E-state index in [0.29, 0.717) is 0 Å². The summed E-state index contributed by atoms with van der Waals surface area (Å²) in [7, 11) is 4.02. The van der Waals surface area contributed by atoms with Crippen LogP contribution in [-0.4, -0.2) is 25.5 Å². The van der Waals surface area contributed by atoms with Crippen LogP contribution in [0.25, 0.3) is 0 Å². The Kier molecular flexibility index (Phi) is 3.92. The van der Waals surface area contributed by atoms with Gasteiger partial charge in [-0.2, -0.15) is 0 Å². The molecule has 0 saturated carbocycles. The first kappa shape index (κ1) is 7.99. The molecule has 0 aromatic carbocycles. The Hall–Kier alpha value is -0.0100. The minimum absolute atomic E-state index is 0.860. The second kappa shape index (κ2) is 3.93. The van der Waals surface area contributed by atoms with Gasteiger partial charge in [-0.25, -0.2) is 0 Å². The van der Waals surface area contributed by atoms with Gasteiger partial charge in [0.15, 0.2) is 0 Å². The monoisotopic (exact) mass is 133 g/mol. The molecule has 0 aromatic rings. The van der Waals surface area contributed by atoms with E-state index in [2.05, 4.69) is 4.90 Å². The summed E-state index contributed by atoms with van der Waals surface area (Å²) < 4.78 is 0. The summed E-state index contributed by atoms with van der Waals surface area (Å²) in [4.78, 5) is 2.06. The summed E-state index contributed by atoms with van der Waals surface area (Å²) in [5, 5.41) is 0.860. The Morgan fingerprint density at radius 2 is 2.12 bits per heavy atom. The molecule has 0 aliphatic rings. The number of hydrogen-bond donors (Lipinski definition) is 0. The number of nitrogens with zero attached hydrogens (tertiary/aromatic N) is 1. The molecular formula is C6H12ClN. The quantitative estimate of drug-likeness (QED) is 0.554. The zero-order chi connectivity index (χ0) is 6.57. The molecule has 0 fully saturated rings. The summed E-state index contributed by atoms with van der Waals surface area (Å²) >= 11 is 5.56. The third-order valence-corrected chi connectivity index (χ3v) is 0.892. The van der Waals surface area contributed by atoms with Crippen LogP contribution in [0, 0.1) is 0 Å². The van der Waals surface area contributed by atoms with E-state index in [1.807, 2.05) is 27.1 Å². The van der Waals surface area contributed by atoms with Gasteiger partial charge in [0.05, 0.1) is 0 Å². The highest BCUT2D eigenvalue weighted by Gasteiger charge is 1.82. The minimum Gasteiger partial charge on any atom is -0.306 e. The Morgan fingerprint density at radius 1 is 1.62 bits per heavy atom. The van der Waals surface area contributed by atoms with Gasteiger partial charge in [-0.1, -0.05) is 17.7 Å². The largest absolute Gasteiger partial charge is 0.306 e. The predicted octanol–water partition coefficient (Wildman–Crippen LogP) is 1.69. The maximum Gasteiger partial charge on any atom is 0.0171 e. The smallest absolute Gasteiger partial charge is 0.0171 e. The normalized spacial score (nSPS) is 12.9. The first-order valence-corrected chi connectivity index (χ1v) is 2.97. The average molecular weight is 134 g/mol. The van der Waals surface area contributed by atoms with E-state index in [0.717, 1.165) is 11.6 Å². The van der Waals surface area contributed by atoms with Crippen molar-refractivity contribution in [2.24, 2.45) is 0 Å². The second-order valence-corrected chi connectivity index (χ2v) is 2.65. The van der Waals surface area contributed by atoms with Crippen molar-refractivity contribution in [2.75, 3.05) is 20.6 Å². The lowest BCUT2D eigenvalue weighted by Gasteiger charge is -2.03. The van der Waals surface area contributed by atoms with Crippen molar-refractivity contribution in [3.63, 3.8) is 0 Å². The van der Waals surface area contributed by atoms with Crippen LogP contribution in [0.15, 0.2) is 11.1 Å². The van der Waals surface area contributed by atoms with Crippen molar-refractivity contribution in [1.29, 1.82) is 0 Å². The van der Waals surface area contributed by atoms with Gasteiger partial charge in [-0.05, 0) is 21.0 Å². The number of halogens is 1. The molecule has 0 aliphatic carbocycles. The van der Waals surface area contributed by atoms with Crippen LogP contribution in [0.5, 0.6) is 0 Å². The lowest BCUT2D eigenvalue weighted by Crippen LogP contribution is -2.10. The molecule has 0 amide bonds. The Morgan fingerprint density at radius 3 is 2.25 bits per heavy atom. The van der Waals surface area contributed by atoms with Crippen LogP contribution in [-0.2, 0) is 0 Å². The Labute approximate surface area is 55.9 Å². The molecule has 1 nitrogen and oxygen atoms in total. The molecule has 8 heavy (non-hydrogen) atoms. The molecule has 48 valence electrons. The summed E-state index contributed by atoms with van der Waals surface area (Å²) in [5.74, 6) is 0. The van der Waals surface area contributed by atoms with Crippen molar-refractivity contribution in [3.8, 4) is 0 Å². The van der Waals surface area contributed by atoms with Crippen molar-refractivity contribution in [2.45, 2.75) is 6.92 Å². The van der Waals surface area contributed by atoms with Crippen LogP contribution >= 0.6 is 11.6 Å². The van der Waals surface area contributed by atoms with E-state index in [1.165, 1.54) is 0 Å². The third-order valence-electron chi connectivity index (χ3n) is 0.738. The fourth-order valence-corrected chi connectivity index (χ4v) is 0.377. The zero-order valence-corrected chi connectivity index (χ0v) is 6.37. The molecule has 0 aliphatic heterocycles. The van der Waals surface area contributed by atoms with Crippen molar-refractivity contribution in [1.82, 2.24) is 4.90 Å². The first-order chi connectivity index (χ1) is 3.63. The molecule has 0 N–H and O–H groups in total. The molecular weight excluding hydrogens is 122 g/mol. The van der Waals surface area contributed by atoms with Gasteiger partial charge in [-0.3, -0.25) is 0 Å². The maximum absolute atomic E-state index is 5.56. The van der Waals surface area contributed by atoms with Gasteiger partial charge in [0.2, 0.25) is 0 Å². The first-order valence-electron chi connectivity index (χ1n) is 2.60. The summed E-state index contributed by atoms with van der Waals surface area (Å²) in [5.41, 5.74) is 0. The summed E-state index contributed by atoms with van der Waals surface area (Å²) in [6.07, 6.45) is 1.97. The van der Waals surface area contributed by atoms with Gasteiger partial charge in [0, 0.05) is 11.6 Å². The van der Waals surface area contributed by atoms with Crippen molar-refractivity contribution in [3.05, 3.63) is 11.1 Å². The predicted molar refractivity (Wildman–Crippen MR) is 38.2 cm³/mol. The Balaban J connectivity index is 3.29. The van der Waals surface area contributed by atoms with Crippen LogP contribution in [0.3, 0.4) is 0 Å². The minimum atomic E-state index is 0.860. The molecule has 0 atom stereocenters. The molecule has 0 aromatic heterocycles. The van der Waals surface area contributed by atoms with E-state index in [1.54, 1.807) is 0 Å². The number of likely N-dealkylation sites (N-methyl/N-ethyl adjacent to an activating group) is 1. The molecule has 0 unspecified atom stereocenters. The van der Waals surface area contributed by atoms with E-state index >= 15 is 0 Å². The summed E-state index contributed by atoms with van der Waals surface area (Å²) in [6, 6.07) is 0. The molecule has 0 rings (SSSR count). The van der Waals surface area contributed by atoms with Gasteiger partial charge in [-0.15, -0.1) is 0 Å². The van der Waals surface area contributed by atoms with Gasteiger partial charge in [0.25, 0.3) is 0 Å². The lowest BCUT2D eigenvalue weighted by molar-refractivity contribution is 0.456. The second-order valence-electron chi connectivity index (χ2n) is 2.05. The molecule has 2 heteroatoms. The molecule has 0 saturated heterocycles. The lowest BCUT2D eigenvalue weighted by atomic mass is 10.5. The van der Waals surface area contributed by atoms with Gasteiger partial charge in [0.1, 0.15) is 0 Å². The zero-order valence-electron chi connectivity index (χ0n) is 5.61. The third kappa shape index (κ3) is 5.99. The highest BCUT2D eigenvalue weighted by molar-refractivity contribution is 6.29. The number of rotatable bonds is 2. The molecule has 0 radical (unpaired) electrons. The van der Waals surface area contributed by atoms with Crippen LogP contribution < -0.4 is 0 Å². The number of allylic oxidation sites excluding steroid dienone is 1. The summed E-state index contributed by atoms with van der Waals surface area (Å²) in [6.45, 7) is 2.81. The standard InChI is InChI=1S/C6H12ClN/c1-6(7)4-5-8(2)3/h4H,5H2,1-3H3/b6-4+. The van der Waals surface area contributed by atoms with E-state index < -0.39 is 0 Å². The number of hydrogen-bond acceptors (Lipinski definition) is 1. The molecule has 0 heterocycles. The average Bonchev–Trinajstić information content (AvgIpc) is 1.61. The molecule has 0 bridgehead atoms. The van der Waals surface area contributed by atoms with Gasteiger partial charge < -0.3 is 4.90 Å². The molecule has 0 spiro atoms. The highest BCUT2D eigenvalue weighted by atomic mass is 35.5. The topological polar surface area (TPSA) is 3.24 Å². The highest BCUT2D eigenvalue weighted by Crippen LogP contribution is 1.96.